The molecule has 9 nitrogen and oxygen atoms in total. The summed E-state index contributed by atoms with van der Waals surface area (Å²) < 4.78 is 29.8. The molecule has 1 aromatic heterocycles. The molecule has 0 aliphatic carbocycles. The van der Waals surface area contributed by atoms with Crippen LogP contribution in [0.25, 0.3) is 0 Å². The third-order valence-corrected chi connectivity index (χ3v) is 8.59. The molecule has 0 bridgehead atoms. The molecule has 0 atom stereocenters. The molecule has 2 saturated heterocycles. The van der Waals surface area contributed by atoms with Crippen molar-refractivity contribution in [2.45, 2.75) is 90.1 Å². The number of nitrogens with one attached hydrogen (secondary N) is 1. The molecule has 2 amide bonds. The number of nitrogens with zero attached hydrogens (tertiary/aromatic N) is 4. The minimum atomic E-state index is -3.76. The van der Waals surface area contributed by atoms with Crippen molar-refractivity contribution >= 4 is 21.8 Å². The van der Waals surface area contributed by atoms with Gasteiger partial charge in [-0.15, -0.1) is 0 Å². The van der Waals surface area contributed by atoms with Crippen LogP contribution < -0.4 is 5.32 Å². The average molecular weight is 482 g/mol. The van der Waals surface area contributed by atoms with Crippen molar-refractivity contribution in [2.75, 3.05) is 26.2 Å². The summed E-state index contributed by atoms with van der Waals surface area (Å²) in [6.07, 6.45) is 5.52. The molecule has 2 aliphatic heterocycles. The molecule has 3 heterocycles. The Kier molecular flexibility index (Phi) is 7.88. The molecule has 0 radical (unpaired) electrons. The Balaban J connectivity index is 1.68. The first-order valence-electron chi connectivity index (χ1n) is 12.0. The van der Waals surface area contributed by atoms with Gasteiger partial charge >= 0.3 is 0 Å². The maximum Gasteiger partial charge on any atom is 0.246 e. The Morgan fingerprint density at radius 1 is 1.00 bits per heavy atom. The molecule has 0 aromatic carbocycles. The number of likely N-dealkylation sites (tertiary alicyclic amines) is 1. The topological polar surface area (TPSA) is 105 Å². The molecule has 0 unspecified atom stereocenters. The Morgan fingerprint density at radius 2 is 1.58 bits per heavy atom. The Morgan fingerprint density at radius 3 is 2.12 bits per heavy atom. The van der Waals surface area contributed by atoms with Gasteiger partial charge in [0.1, 0.15) is 11.4 Å². The summed E-state index contributed by atoms with van der Waals surface area (Å²) in [5.74, 6) is -0.149. The van der Waals surface area contributed by atoms with Crippen LogP contribution >= 0.6 is 0 Å². The summed E-state index contributed by atoms with van der Waals surface area (Å²) in [5, 5.41) is 7.22. The minimum Gasteiger partial charge on any atom is -0.350 e. The third kappa shape index (κ3) is 6.15. The lowest BCUT2D eigenvalue weighted by molar-refractivity contribution is -0.136. The molecule has 2 fully saturated rings. The highest BCUT2D eigenvalue weighted by Gasteiger charge is 2.36. The largest absolute Gasteiger partial charge is 0.350 e. The molecule has 33 heavy (non-hydrogen) atoms. The van der Waals surface area contributed by atoms with E-state index in [4.69, 9.17) is 0 Å². The van der Waals surface area contributed by atoms with E-state index in [1.165, 1.54) is 21.8 Å². The fourth-order valence-electron chi connectivity index (χ4n) is 4.82. The summed E-state index contributed by atoms with van der Waals surface area (Å²) in [4.78, 5) is 27.4. The van der Waals surface area contributed by atoms with Gasteiger partial charge in [0.25, 0.3) is 0 Å². The van der Waals surface area contributed by atoms with Crippen molar-refractivity contribution in [3.05, 3.63) is 11.4 Å². The van der Waals surface area contributed by atoms with Gasteiger partial charge in [-0.1, -0.05) is 12.8 Å². The number of sulfonamides is 1. The van der Waals surface area contributed by atoms with Crippen LogP contribution in [-0.4, -0.2) is 70.9 Å². The third-order valence-electron chi connectivity index (χ3n) is 6.44. The van der Waals surface area contributed by atoms with Crippen LogP contribution in [0, 0.1) is 19.8 Å². The van der Waals surface area contributed by atoms with Crippen molar-refractivity contribution in [3.8, 4) is 0 Å². The highest BCUT2D eigenvalue weighted by atomic mass is 32.2. The molecule has 1 N–H and O–H groups in total. The second-order valence-corrected chi connectivity index (χ2v) is 12.2. The van der Waals surface area contributed by atoms with Crippen molar-refractivity contribution in [1.82, 2.24) is 24.3 Å². The maximum atomic E-state index is 13.5. The molecule has 10 heteroatoms. The van der Waals surface area contributed by atoms with Crippen LogP contribution in [0.4, 0.5) is 0 Å². The van der Waals surface area contributed by atoms with Gasteiger partial charge in [0.2, 0.25) is 21.8 Å². The van der Waals surface area contributed by atoms with Gasteiger partial charge in [0.05, 0.1) is 11.4 Å². The average Bonchev–Trinajstić information content (AvgIpc) is 2.90. The van der Waals surface area contributed by atoms with Gasteiger partial charge in [-0.2, -0.15) is 9.40 Å². The Bertz CT molecular complexity index is 964. The van der Waals surface area contributed by atoms with Crippen LogP contribution in [0.1, 0.15) is 70.7 Å². The number of aryl methyl sites for hydroxylation is 1. The van der Waals surface area contributed by atoms with Gasteiger partial charge in [-0.25, -0.2) is 8.42 Å². The zero-order chi connectivity index (χ0) is 24.4. The van der Waals surface area contributed by atoms with Crippen LogP contribution in [0.3, 0.4) is 0 Å². The number of piperidine rings is 1. The van der Waals surface area contributed by atoms with Crippen LogP contribution in [-0.2, 0) is 26.2 Å². The van der Waals surface area contributed by atoms with Gasteiger partial charge in [0.15, 0.2) is 0 Å². The molecular weight excluding hydrogens is 442 g/mol. The SMILES string of the molecule is Cc1nn(CC(=O)NC(C)(C)C)c(C)c1S(=O)(=O)N1CCC(C(=O)N2CCCCCC2)CC1. The molecule has 186 valence electrons. The number of amides is 2. The molecule has 2 aliphatic rings. The number of rotatable bonds is 5. The fraction of sp³-hybridized carbons (Fsp3) is 0.783. The quantitative estimate of drug-likeness (QED) is 0.694. The predicted octanol–water partition coefficient (Wildman–Crippen LogP) is 2.22. The summed E-state index contributed by atoms with van der Waals surface area (Å²) in [6, 6.07) is 0. The first-order chi connectivity index (χ1) is 15.4. The van der Waals surface area contributed by atoms with Crippen LogP contribution in [0.5, 0.6) is 0 Å². The lowest BCUT2D eigenvalue weighted by Gasteiger charge is -2.33. The summed E-state index contributed by atoms with van der Waals surface area (Å²) in [6.45, 7) is 11.3. The maximum absolute atomic E-state index is 13.5. The van der Waals surface area contributed by atoms with Crippen molar-refractivity contribution in [2.24, 2.45) is 5.92 Å². The van der Waals surface area contributed by atoms with E-state index in [9.17, 15) is 18.0 Å². The summed E-state index contributed by atoms with van der Waals surface area (Å²) >= 11 is 0. The minimum absolute atomic E-state index is 0.0358. The van der Waals surface area contributed by atoms with E-state index >= 15 is 0 Å². The molecule has 3 rings (SSSR count). The van der Waals surface area contributed by atoms with Crippen molar-refractivity contribution < 1.29 is 18.0 Å². The monoisotopic (exact) mass is 481 g/mol. The summed E-state index contributed by atoms with van der Waals surface area (Å²) in [7, 11) is -3.76. The van der Waals surface area contributed by atoms with E-state index in [2.05, 4.69) is 10.4 Å². The second-order valence-electron chi connectivity index (χ2n) is 10.4. The molecule has 0 spiro atoms. The van der Waals surface area contributed by atoms with E-state index in [1.807, 2.05) is 25.7 Å². The Hall–Kier alpha value is -1.94. The van der Waals surface area contributed by atoms with E-state index in [1.54, 1.807) is 13.8 Å². The highest BCUT2D eigenvalue weighted by molar-refractivity contribution is 7.89. The first kappa shape index (κ1) is 25.7. The van der Waals surface area contributed by atoms with E-state index in [0.717, 1.165) is 25.9 Å². The Labute approximate surface area is 197 Å². The standard InChI is InChI=1S/C23H39N5O4S/c1-17-21(18(2)28(25-17)16-20(29)24-23(3,4)5)33(31,32)27-14-10-19(11-15-27)22(30)26-12-8-6-7-9-13-26/h19H,6-16H2,1-5H3,(H,24,29). The van der Waals surface area contributed by atoms with Gasteiger partial charge in [-0.05, 0) is 60.3 Å². The predicted molar refractivity (Wildman–Crippen MR) is 126 cm³/mol. The van der Waals surface area contributed by atoms with E-state index < -0.39 is 10.0 Å². The number of carbonyl (C=O) groups excluding carboxylic acids is 2. The molecule has 0 saturated carbocycles. The lowest BCUT2D eigenvalue weighted by atomic mass is 9.96. The highest BCUT2D eigenvalue weighted by Crippen LogP contribution is 2.29. The zero-order valence-electron chi connectivity index (χ0n) is 20.7. The van der Waals surface area contributed by atoms with E-state index in [0.29, 0.717) is 37.3 Å². The second kappa shape index (κ2) is 10.1. The number of aromatic nitrogens is 2. The fourth-order valence-corrected chi connectivity index (χ4v) is 6.67. The number of hydrogen-bond donors (Lipinski definition) is 1. The zero-order valence-corrected chi connectivity index (χ0v) is 21.5. The summed E-state index contributed by atoms with van der Waals surface area (Å²) in [5.41, 5.74) is 0.468. The van der Waals surface area contributed by atoms with Crippen LogP contribution in [0.15, 0.2) is 4.90 Å². The lowest BCUT2D eigenvalue weighted by Crippen LogP contribution is -2.44. The number of hydrogen-bond acceptors (Lipinski definition) is 5. The van der Waals surface area contributed by atoms with Gasteiger partial charge in [-0.3, -0.25) is 14.3 Å². The van der Waals surface area contributed by atoms with Gasteiger partial charge in [0, 0.05) is 37.6 Å². The molecular formula is C23H39N5O4S. The normalized spacial score (nSPS) is 19.4. The molecule has 1 aromatic rings. The van der Waals surface area contributed by atoms with Gasteiger partial charge < -0.3 is 10.2 Å². The number of carbonyl (C=O) groups is 2. The van der Waals surface area contributed by atoms with Crippen LogP contribution in [0.2, 0.25) is 0 Å². The van der Waals surface area contributed by atoms with Crippen molar-refractivity contribution in [1.29, 1.82) is 0 Å². The van der Waals surface area contributed by atoms with E-state index in [-0.39, 0.29) is 34.7 Å². The smallest absolute Gasteiger partial charge is 0.246 e. The first-order valence-corrected chi connectivity index (χ1v) is 13.5. The van der Waals surface area contributed by atoms with Crippen molar-refractivity contribution in [3.63, 3.8) is 0 Å².